The van der Waals surface area contributed by atoms with Gasteiger partial charge in [-0.25, -0.2) is 4.99 Å². The van der Waals surface area contributed by atoms with Crippen molar-refractivity contribution in [3.8, 4) is 5.75 Å². The molecule has 0 unspecified atom stereocenters. The van der Waals surface area contributed by atoms with E-state index in [-0.39, 0.29) is 0 Å². The van der Waals surface area contributed by atoms with Gasteiger partial charge in [0, 0.05) is 17.6 Å². The summed E-state index contributed by atoms with van der Waals surface area (Å²) in [4.78, 5) is 6.35. The zero-order chi connectivity index (χ0) is 13.0. The smallest absolute Gasteiger partial charge is 0.191 e. The van der Waals surface area contributed by atoms with Crippen LogP contribution in [-0.2, 0) is 0 Å². The average molecular weight is 312 g/mol. The van der Waals surface area contributed by atoms with E-state index in [1.54, 1.807) is 0 Å². The molecule has 0 bridgehead atoms. The van der Waals surface area contributed by atoms with Gasteiger partial charge in [0.05, 0.1) is 6.54 Å². The van der Waals surface area contributed by atoms with Crippen molar-refractivity contribution in [1.29, 1.82) is 0 Å². The second-order valence-electron chi connectivity index (χ2n) is 4.39. The molecule has 0 aromatic heterocycles. The van der Waals surface area contributed by atoms with Crippen LogP contribution in [0.5, 0.6) is 5.75 Å². The SMILES string of the molecule is CN(C(N)=NCCOc1cccc(Br)c1)C1CC1. The van der Waals surface area contributed by atoms with Crippen molar-refractivity contribution in [3.05, 3.63) is 28.7 Å². The molecule has 18 heavy (non-hydrogen) atoms. The lowest BCUT2D eigenvalue weighted by Gasteiger charge is -2.16. The molecule has 0 spiro atoms. The third-order valence-corrected chi connectivity index (χ3v) is 3.38. The summed E-state index contributed by atoms with van der Waals surface area (Å²) in [6.07, 6.45) is 2.45. The van der Waals surface area contributed by atoms with Gasteiger partial charge in [0.2, 0.25) is 0 Å². The zero-order valence-corrected chi connectivity index (χ0v) is 12.1. The Morgan fingerprint density at radius 3 is 3.00 bits per heavy atom. The van der Waals surface area contributed by atoms with E-state index in [1.165, 1.54) is 12.8 Å². The minimum atomic E-state index is 0.537. The molecular weight excluding hydrogens is 294 g/mol. The summed E-state index contributed by atoms with van der Waals surface area (Å²) in [5.41, 5.74) is 5.87. The molecule has 2 rings (SSSR count). The zero-order valence-electron chi connectivity index (χ0n) is 10.5. The Morgan fingerprint density at radius 2 is 2.33 bits per heavy atom. The molecule has 0 atom stereocenters. The summed E-state index contributed by atoms with van der Waals surface area (Å²) < 4.78 is 6.59. The van der Waals surface area contributed by atoms with Crippen LogP contribution >= 0.6 is 15.9 Å². The van der Waals surface area contributed by atoms with Gasteiger partial charge in [0.15, 0.2) is 5.96 Å². The summed E-state index contributed by atoms with van der Waals surface area (Å²) in [7, 11) is 1.99. The minimum absolute atomic E-state index is 0.537. The number of ether oxygens (including phenoxy) is 1. The Balaban J connectivity index is 1.73. The highest BCUT2D eigenvalue weighted by Gasteiger charge is 2.27. The lowest BCUT2D eigenvalue weighted by molar-refractivity contribution is 0.327. The van der Waals surface area contributed by atoms with E-state index in [2.05, 4.69) is 20.9 Å². The molecule has 1 fully saturated rings. The van der Waals surface area contributed by atoms with Crippen LogP contribution in [-0.4, -0.2) is 37.1 Å². The Hall–Kier alpha value is -1.23. The topological polar surface area (TPSA) is 50.8 Å². The Bertz CT molecular complexity index is 432. The third kappa shape index (κ3) is 3.91. The largest absolute Gasteiger partial charge is 0.492 e. The van der Waals surface area contributed by atoms with Crippen molar-refractivity contribution >= 4 is 21.9 Å². The monoisotopic (exact) mass is 311 g/mol. The van der Waals surface area contributed by atoms with E-state index in [0.29, 0.717) is 25.2 Å². The van der Waals surface area contributed by atoms with Gasteiger partial charge in [-0.05, 0) is 31.0 Å². The molecule has 1 aromatic carbocycles. The molecular formula is C13H18BrN3O. The second-order valence-corrected chi connectivity index (χ2v) is 5.30. The molecule has 2 N–H and O–H groups in total. The van der Waals surface area contributed by atoms with Crippen LogP contribution in [0.1, 0.15) is 12.8 Å². The highest BCUT2D eigenvalue weighted by Crippen LogP contribution is 2.24. The number of benzene rings is 1. The van der Waals surface area contributed by atoms with Crippen molar-refractivity contribution in [2.45, 2.75) is 18.9 Å². The van der Waals surface area contributed by atoms with E-state index in [1.807, 2.05) is 36.2 Å². The van der Waals surface area contributed by atoms with E-state index in [4.69, 9.17) is 10.5 Å². The predicted molar refractivity (Wildman–Crippen MR) is 76.9 cm³/mol. The van der Waals surface area contributed by atoms with Crippen LogP contribution in [0.25, 0.3) is 0 Å². The fraction of sp³-hybridized carbons (Fsp3) is 0.462. The maximum Gasteiger partial charge on any atom is 0.191 e. The Morgan fingerprint density at radius 1 is 1.56 bits per heavy atom. The summed E-state index contributed by atoms with van der Waals surface area (Å²) in [5.74, 6) is 1.45. The molecule has 4 nitrogen and oxygen atoms in total. The van der Waals surface area contributed by atoms with Crippen LogP contribution < -0.4 is 10.5 Å². The van der Waals surface area contributed by atoms with Gasteiger partial charge in [-0.3, -0.25) is 0 Å². The number of nitrogens with zero attached hydrogens (tertiary/aromatic N) is 2. The molecule has 1 saturated carbocycles. The molecule has 0 saturated heterocycles. The molecule has 0 aliphatic heterocycles. The highest BCUT2D eigenvalue weighted by atomic mass is 79.9. The van der Waals surface area contributed by atoms with Crippen LogP contribution in [0.2, 0.25) is 0 Å². The van der Waals surface area contributed by atoms with Gasteiger partial charge in [0.1, 0.15) is 12.4 Å². The molecule has 1 aliphatic rings. The van der Waals surface area contributed by atoms with E-state index in [0.717, 1.165) is 10.2 Å². The number of rotatable bonds is 5. The quantitative estimate of drug-likeness (QED) is 0.515. The number of guanidine groups is 1. The van der Waals surface area contributed by atoms with E-state index < -0.39 is 0 Å². The maximum atomic E-state index is 5.87. The summed E-state index contributed by atoms with van der Waals surface area (Å²) in [6.45, 7) is 1.12. The van der Waals surface area contributed by atoms with Gasteiger partial charge in [-0.2, -0.15) is 0 Å². The summed E-state index contributed by atoms with van der Waals surface area (Å²) in [5, 5.41) is 0. The molecule has 1 aromatic rings. The van der Waals surface area contributed by atoms with Crippen LogP contribution in [0.15, 0.2) is 33.7 Å². The van der Waals surface area contributed by atoms with Crippen LogP contribution in [0.3, 0.4) is 0 Å². The number of halogens is 1. The highest BCUT2D eigenvalue weighted by molar-refractivity contribution is 9.10. The van der Waals surface area contributed by atoms with Crippen molar-refractivity contribution < 1.29 is 4.74 Å². The summed E-state index contributed by atoms with van der Waals surface area (Å²) >= 11 is 3.40. The average Bonchev–Trinajstić information content (AvgIpc) is 3.17. The van der Waals surface area contributed by atoms with E-state index in [9.17, 15) is 0 Å². The second kappa shape index (κ2) is 6.09. The predicted octanol–water partition coefficient (Wildman–Crippen LogP) is 2.24. The first-order valence-electron chi connectivity index (χ1n) is 6.08. The van der Waals surface area contributed by atoms with Gasteiger partial charge in [-0.15, -0.1) is 0 Å². The molecule has 98 valence electrons. The van der Waals surface area contributed by atoms with E-state index >= 15 is 0 Å². The Kier molecular flexibility index (Phi) is 4.47. The lowest BCUT2D eigenvalue weighted by atomic mass is 10.3. The first-order valence-corrected chi connectivity index (χ1v) is 6.87. The van der Waals surface area contributed by atoms with Gasteiger partial charge in [0.25, 0.3) is 0 Å². The molecule has 5 heteroatoms. The molecule has 0 heterocycles. The number of hydrogen-bond acceptors (Lipinski definition) is 2. The van der Waals surface area contributed by atoms with Crippen molar-refractivity contribution in [2.24, 2.45) is 10.7 Å². The van der Waals surface area contributed by atoms with Crippen LogP contribution in [0.4, 0.5) is 0 Å². The van der Waals surface area contributed by atoms with Crippen molar-refractivity contribution in [1.82, 2.24) is 4.90 Å². The Labute approximate surface area is 116 Å². The normalized spacial score (nSPS) is 15.6. The van der Waals surface area contributed by atoms with Crippen LogP contribution in [0, 0.1) is 0 Å². The molecule has 0 amide bonds. The summed E-state index contributed by atoms with van der Waals surface area (Å²) in [6, 6.07) is 8.36. The maximum absolute atomic E-state index is 5.87. The first kappa shape index (κ1) is 13.2. The molecule has 1 aliphatic carbocycles. The van der Waals surface area contributed by atoms with Crippen molar-refractivity contribution in [2.75, 3.05) is 20.2 Å². The minimum Gasteiger partial charge on any atom is -0.492 e. The fourth-order valence-corrected chi connectivity index (χ4v) is 2.02. The fourth-order valence-electron chi connectivity index (χ4n) is 1.64. The number of hydrogen-bond donors (Lipinski definition) is 1. The standard InChI is InChI=1S/C13H18BrN3O/c1-17(11-5-6-11)13(15)16-7-8-18-12-4-2-3-10(14)9-12/h2-4,9,11H,5-8H2,1H3,(H2,15,16). The third-order valence-electron chi connectivity index (χ3n) is 2.89. The van der Waals surface area contributed by atoms with Gasteiger partial charge >= 0.3 is 0 Å². The van der Waals surface area contributed by atoms with Gasteiger partial charge < -0.3 is 15.4 Å². The number of aliphatic imine (C=N–C) groups is 1. The van der Waals surface area contributed by atoms with Gasteiger partial charge in [-0.1, -0.05) is 22.0 Å². The first-order chi connectivity index (χ1) is 8.66. The molecule has 0 radical (unpaired) electrons. The van der Waals surface area contributed by atoms with Crippen molar-refractivity contribution in [3.63, 3.8) is 0 Å². The number of nitrogens with two attached hydrogens (primary N) is 1. The lowest BCUT2D eigenvalue weighted by Crippen LogP contribution is -2.36.